The van der Waals surface area contributed by atoms with E-state index >= 15 is 0 Å². The molecule has 0 bridgehead atoms. The first-order valence-corrected chi connectivity index (χ1v) is 4.80. The molecular weight excluding hydrogens is 196 g/mol. The normalized spacial score (nSPS) is 12.1. The second kappa shape index (κ2) is 5.47. The van der Waals surface area contributed by atoms with Crippen LogP contribution in [-0.2, 0) is 6.54 Å². The monoisotopic (exact) mass is 209 g/mol. The Hall–Kier alpha value is -1.40. The standard InChI is InChI=1S/C12H13F2N/c1-3-11(4-2)15-8-9-5-6-10(13)7-12(9)14/h1,5-7,11,15H,4,8H2,2H3. The molecule has 0 aliphatic rings. The predicted octanol–water partition coefficient (Wildman–Crippen LogP) is 2.47. The van der Waals surface area contributed by atoms with Gasteiger partial charge in [-0.3, -0.25) is 5.32 Å². The van der Waals surface area contributed by atoms with Crippen molar-refractivity contribution in [2.75, 3.05) is 0 Å². The predicted molar refractivity (Wildman–Crippen MR) is 56.1 cm³/mol. The van der Waals surface area contributed by atoms with E-state index in [1.165, 1.54) is 12.1 Å². The maximum absolute atomic E-state index is 13.2. The van der Waals surface area contributed by atoms with Gasteiger partial charge in [-0.2, -0.15) is 0 Å². The molecule has 1 aromatic carbocycles. The van der Waals surface area contributed by atoms with Gasteiger partial charge in [0, 0.05) is 18.2 Å². The summed E-state index contributed by atoms with van der Waals surface area (Å²) in [6.07, 6.45) is 6.02. The fraction of sp³-hybridized carbons (Fsp3) is 0.333. The van der Waals surface area contributed by atoms with Gasteiger partial charge in [0.1, 0.15) is 11.6 Å². The molecule has 80 valence electrons. The summed E-state index contributed by atoms with van der Waals surface area (Å²) >= 11 is 0. The third-order valence-corrected chi connectivity index (χ3v) is 2.16. The molecule has 1 atom stereocenters. The molecule has 0 aliphatic carbocycles. The van der Waals surface area contributed by atoms with Crippen LogP contribution >= 0.6 is 0 Å². The van der Waals surface area contributed by atoms with Crippen LogP contribution in [0.4, 0.5) is 8.78 Å². The van der Waals surface area contributed by atoms with Gasteiger partial charge in [0.2, 0.25) is 0 Å². The maximum atomic E-state index is 13.2. The first kappa shape index (κ1) is 11.7. The van der Waals surface area contributed by atoms with E-state index in [0.717, 1.165) is 12.5 Å². The Morgan fingerprint density at radius 1 is 1.47 bits per heavy atom. The van der Waals surface area contributed by atoms with E-state index in [9.17, 15) is 8.78 Å². The summed E-state index contributed by atoms with van der Waals surface area (Å²) in [5.74, 6) is 1.43. The summed E-state index contributed by atoms with van der Waals surface area (Å²) in [4.78, 5) is 0. The first-order valence-electron chi connectivity index (χ1n) is 4.80. The van der Waals surface area contributed by atoms with E-state index in [1.807, 2.05) is 6.92 Å². The lowest BCUT2D eigenvalue weighted by molar-refractivity contribution is 0.542. The highest BCUT2D eigenvalue weighted by molar-refractivity contribution is 5.18. The average Bonchev–Trinajstić information content (AvgIpc) is 2.22. The zero-order valence-corrected chi connectivity index (χ0v) is 8.56. The van der Waals surface area contributed by atoms with Crippen LogP contribution in [0.5, 0.6) is 0 Å². The summed E-state index contributed by atoms with van der Waals surface area (Å²) in [6, 6.07) is 3.44. The van der Waals surface area contributed by atoms with Crippen molar-refractivity contribution < 1.29 is 8.78 Å². The van der Waals surface area contributed by atoms with E-state index in [0.29, 0.717) is 12.1 Å². The van der Waals surface area contributed by atoms with Crippen molar-refractivity contribution in [2.45, 2.75) is 25.9 Å². The van der Waals surface area contributed by atoms with Crippen molar-refractivity contribution in [1.82, 2.24) is 5.32 Å². The van der Waals surface area contributed by atoms with Crippen molar-refractivity contribution in [3.05, 3.63) is 35.4 Å². The Balaban J connectivity index is 2.62. The van der Waals surface area contributed by atoms with E-state index in [2.05, 4.69) is 11.2 Å². The topological polar surface area (TPSA) is 12.0 Å². The molecule has 1 nitrogen and oxygen atoms in total. The van der Waals surface area contributed by atoms with Crippen LogP contribution in [0.15, 0.2) is 18.2 Å². The van der Waals surface area contributed by atoms with Crippen LogP contribution < -0.4 is 5.32 Å². The number of hydrogen-bond acceptors (Lipinski definition) is 1. The molecule has 0 fully saturated rings. The van der Waals surface area contributed by atoms with Crippen LogP contribution in [0.25, 0.3) is 0 Å². The summed E-state index contributed by atoms with van der Waals surface area (Å²) in [6.45, 7) is 2.26. The molecule has 1 N–H and O–H groups in total. The maximum Gasteiger partial charge on any atom is 0.130 e. The van der Waals surface area contributed by atoms with Crippen molar-refractivity contribution in [3.8, 4) is 12.3 Å². The van der Waals surface area contributed by atoms with E-state index in [1.54, 1.807) is 0 Å². The van der Waals surface area contributed by atoms with Gasteiger partial charge in [-0.05, 0) is 12.5 Å². The zero-order chi connectivity index (χ0) is 11.3. The quantitative estimate of drug-likeness (QED) is 0.751. The minimum atomic E-state index is -0.569. The number of halogens is 2. The smallest absolute Gasteiger partial charge is 0.130 e. The highest BCUT2D eigenvalue weighted by Crippen LogP contribution is 2.09. The van der Waals surface area contributed by atoms with Crippen LogP contribution in [0.1, 0.15) is 18.9 Å². The van der Waals surface area contributed by atoms with Gasteiger partial charge in [-0.25, -0.2) is 8.78 Å². The van der Waals surface area contributed by atoms with Gasteiger partial charge in [0.05, 0.1) is 6.04 Å². The SMILES string of the molecule is C#CC(CC)NCc1ccc(F)cc1F. The lowest BCUT2D eigenvalue weighted by atomic mass is 10.2. The Labute approximate surface area is 88.5 Å². The molecule has 1 rings (SSSR count). The Morgan fingerprint density at radius 3 is 2.73 bits per heavy atom. The highest BCUT2D eigenvalue weighted by Gasteiger charge is 2.05. The van der Waals surface area contributed by atoms with Gasteiger partial charge < -0.3 is 0 Å². The zero-order valence-electron chi connectivity index (χ0n) is 8.56. The number of rotatable bonds is 4. The molecule has 15 heavy (non-hydrogen) atoms. The molecular formula is C12H13F2N. The second-order valence-corrected chi connectivity index (χ2v) is 3.24. The van der Waals surface area contributed by atoms with Crippen LogP contribution in [0.2, 0.25) is 0 Å². The third-order valence-electron chi connectivity index (χ3n) is 2.16. The Bertz CT molecular complexity index is 368. The highest BCUT2D eigenvalue weighted by atomic mass is 19.1. The molecule has 1 aromatic rings. The van der Waals surface area contributed by atoms with Gasteiger partial charge >= 0.3 is 0 Å². The van der Waals surface area contributed by atoms with Gasteiger partial charge in [-0.1, -0.05) is 18.9 Å². The van der Waals surface area contributed by atoms with Gasteiger partial charge in [0.15, 0.2) is 0 Å². The summed E-state index contributed by atoms with van der Waals surface area (Å²) in [7, 11) is 0. The summed E-state index contributed by atoms with van der Waals surface area (Å²) < 4.78 is 25.8. The molecule has 3 heteroatoms. The molecule has 0 radical (unpaired) electrons. The molecule has 1 unspecified atom stereocenters. The van der Waals surface area contributed by atoms with Crippen molar-refractivity contribution in [1.29, 1.82) is 0 Å². The number of hydrogen-bond donors (Lipinski definition) is 1. The van der Waals surface area contributed by atoms with E-state index < -0.39 is 11.6 Å². The van der Waals surface area contributed by atoms with Crippen LogP contribution in [-0.4, -0.2) is 6.04 Å². The van der Waals surface area contributed by atoms with E-state index in [4.69, 9.17) is 6.42 Å². The summed E-state index contributed by atoms with van der Waals surface area (Å²) in [5, 5.41) is 3.00. The van der Waals surface area contributed by atoms with Crippen molar-refractivity contribution >= 4 is 0 Å². The minimum Gasteiger partial charge on any atom is -0.299 e. The van der Waals surface area contributed by atoms with Crippen molar-refractivity contribution in [3.63, 3.8) is 0 Å². The van der Waals surface area contributed by atoms with Crippen LogP contribution in [0.3, 0.4) is 0 Å². The lowest BCUT2D eigenvalue weighted by Crippen LogP contribution is -2.26. The fourth-order valence-electron chi connectivity index (χ4n) is 1.22. The average molecular weight is 209 g/mol. The molecule has 0 heterocycles. The fourth-order valence-corrected chi connectivity index (χ4v) is 1.22. The number of nitrogens with one attached hydrogen (secondary N) is 1. The second-order valence-electron chi connectivity index (χ2n) is 3.24. The van der Waals surface area contributed by atoms with Crippen LogP contribution in [0, 0.1) is 24.0 Å². The molecule has 0 spiro atoms. The van der Waals surface area contributed by atoms with Crippen molar-refractivity contribution in [2.24, 2.45) is 0 Å². The molecule has 0 aliphatic heterocycles. The summed E-state index contributed by atoms with van der Waals surface area (Å²) in [5.41, 5.74) is 0.421. The number of terminal acetylenes is 1. The third kappa shape index (κ3) is 3.34. The lowest BCUT2D eigenvalue weighted by Gasteiger charge is -2.10. The minimum absolute atomic E-state index is 0.0746. The molecule has 0 saturated heterocycles. The number of benzene rings is 1. The Morgan fingerprint density at radius 2 is 2.20 bits per heavy atom. The largest absolute Gasteiger partial charge is 0.299 e. The Kier molecular flexibility index (Phi) is 4.26. The van der Waals surface area contributed by atoms with E-state index in [-0.39, 0.29) is 6.04 Å². The first-order chi connectivity index (χ1) is 7.17. The van der Waals surface area contributed by atoms with Gasteiger partial charge in [0.25, 0.3) is 0 Å². The molecule has 0 amide bonds. The molecule has 0 aromatic heterocycles. The molecule has 0 saturated carbocycles. The van der Waals surface area contributed by atoms with Gasteiger partial charge in [-0.15, -0.1) is 6.42 Å².